The van der Waals surface area contributed by atoms with Crippen LogP contribution < -0.4 is 5.32 Å². The summed E-state index contributed by atoms with van der Waals surface area (Å²) in [5.41, 5.74) is 1.38. The van der Waals surface area contributed by atoms with Crippen molar-refractivity contribution >= 4 is 11.7 Å². The van der Waals surface area contributed by atoms with Crippen LogP contribution in [0, 0.1) is 5.82 Å². The molecule has 2 aromatic rings. The summed E-state index contributed by atoms with van der Waals surface area (Å²) in [6, 6.07) is 10.1. The zero-order chi connectivity index (χ0) is 15.5. The molecule has 2 heterocycles. The number of amides is 2. The fourth-order valence-corrected chi connectivity index (χ4v) is 3.03. The Morgan fingerprint density at radius 3 is 2.86 bits per heavy atom. The Hall–Kier alpha value is -2.30. The standard InChI is InChI=1S/C17H20FN3O/c1-2-6-16-15-9-5-10-20(15)11-12-21(16)17(22)19-14-8-4-3-7-13(14)18/h3-5,7-10,16H,2,6,11-12H2,1H3,(H,19,22)/t16-/m0/s1. The molecule has 5 heteroatoms. The SMILES string of the molecule is CCC[C@H]1c2cccn2CCN1C(=O)Nc1ccccc1F. The van der Waals surface area contributed by atoms with Gasteiger partial charge in [0.2, 0.25) is 0 Å². The Balaban J connectivity index is 1.81. The number of benzene rings is 1. The molecule has 0 aliphatic carbocycles. The van der Waals surface area contributed by atoms with E-state index in [2.05, 4.69) is 22.9 Å². The van der Waals surface area contributed by atoms with E-state index in [0.29, 0.717) is 6.54 Å². The lowest BCUT2D eigenvalue weighted by molar-refractivity contribution is 0.163. The predicted octanol–water partition coefficient (Wildman–Crippen LogP) is 4.02. The third-order valence-corrected chi connectivity index (χ3v) is 4.10. The normalized spacial score (nSPS) is 17.2. The van der Waals surface area contributed by atoms with Gasteiger partial charge in [-0.2, -0.15) is 0 Å². The van der Waals surface area contributed by atoms with Crippen LogP contribution in [0.25, 0.3) is 0 Å². The van der Waals surface area contributed by atoms with Crippen LogP contribution in [-0.4, -0.2) is 22.0 Å². The average Bonchev–Trinajstić information content (AvgIpc) is 2.99. The Kier molecular flexibility index (Phi) is 4.13. The number of urea groups is 1. The Bertz CT molecular complexity index is 667. The molecule has 1 atom stereocenters. The number of carbonyl (C=O) groups is 1. The van der Waals surface area contributed by atoms with Crippen LogP contribution in [0.1, 0.15) is 31.5 Å². The van der Waals surface area contributed by atoms with Crippen molar-refractivity contribution in [2.45, 2.75) is 32.4 Å². The topological polar surface area (TPSA) is 37.3 Å². The first-order valence-corrected chi connectivity index (χ1v) is 7.68. The number of para-hydroxylation sites is 1. The molecule has 3 rings (SSSR count). The molecule has 0 saturated heterocycles. The van der Waals surface area contributed by atoms with Crippen LogP contribution in [-0.2, 0) is 6.54 Å². The highest BCUT2D eigenvalue weighted by molar-refractivity contribution is 5.89. The van der Waals surface area contributed by atoms with Crippen molar-refractivity contribution in [1.82, 2.24) is 9.47 Å². The lowest BCUT2D eigenvalue weighted by Crippen LogP contribution is -2.44. The van der Waals surface area contributed by atoms with Crippen LogP contribution in [0.15, 0.2) is 42.6 Å². The second-order valence-electron chi connectivity index (χ2n) is 5.53. The summed E-state index contributed by atoms with van der Waals surface area (Å²) in [6.45, 7) is 3.51. The van der Waals surface area contributed by atoms with Crippen LogP contribution in [0.3, 0.4) is 0 Å². The molecule has 2 amide bonds. The molecular formula is C17H20FN3O. The molecule has 0 fully saturated rings. The van der Waals surface area contributed by atoms with E-state index in [1.54, 1.807) is 18.2 Å². The maximum absolute atomic E-state index is 13.7. The number of aromatic nitrogens is 1. The van der Waals surface area contributed by atoms with E-state index in [1.807, 2.05) is 17.2 Å². The van der Waals surface area contributed by atoms with Crippen molar-refractivity contribution in [2.24, 2.45) is 0 Å². The smallest absolute Gasteiger partial charge is 0.322 e. The van der Waals surface area contributed by atoms with Gasteiger partial charge in [0.15, 0.2) is 0 Å². The fourth-order valence-electron chi connectivity index (χ4n) is 3.03. The van der Waals surface area contributed by atoms with E-state index in [9.17, 15) is 9.18 Å². The number of fused-ring (bicyclic) bond motifs is 1. The van der Waals surface area contributed by atoms with Gasteiger partial charge >= 0.3 is 6.03 Å². The Morgan fingerprint density at radius 1 is 1.27 bits per heavy atom. The van der Waals surface area contributed by atoms with Gasteiger partial charge in [-0.25, -0.2) is 9.18 Å². The minimum atomic E-state index is -0.414. The molecule has 1 aliphatic heterocycles. The lowest BCUT2D eigenvalue weighted by atomic mass is 10.0. The van der Waals surface area contributed by atoms with Gasteiger partial charge in [0, 0.05) is 25.0 Å². The number of hydrogen-bond acceptors (Lipinski definition) is 1. The first kappa shape index (κ1) is 14.6. The monoisotopic (exact) mass is 301 g/mol. The lowest BCUT2D eigenvalue weighted by Gasteiger charge is -2.37. The number of rotatable bonds is 3. The number of halogens is 1. The molecule has 1 aliphatic rings. The minimum Gasteiger partial charge on any atom is -0.348 e. The number of nitrogens with one attached hydrogen (secondary N) is 1. The van der Waals surface area contributed by atoms with Crippen molar-refractivity contribution in [3.63, 3.8) is 0 Å². The number of carbonyl (C=O) groups excluding carboxylic acids is 1. The first-order chi connectivity index (χ1) is 10.7. The number of anilines is 1. The van der Waals surface area contributed by atoms with E-state index >= 15 is 0 Å². The Morgan fingerprint density at radius 2 is 2.09 bits per heavy atom. The summed E-state index contributed by atoms with van der Waals surface area (Å²) >= 11 is 0. The molecule has 1 aromatic carbocycles. The third-order valence-electron chi connectivity index (χ3n) is 4.10. The highest BCUT2D eigenvalue weighted by atomic mass is 19.1. The molecule has 0 spiro atoms. The highest BCUT2D eigenvalue weighted by Crippen LogP contribution is 2.30. The summed E-state index contributed by atoms with van der Waals surface area (Å²) in [7, 11) is 0. The molecule has 22 heavy (non-hydrogen) atoms. The van der Waals surface area contributed by atoms with Gasteiger partial charge in [0.25, 0.3) is 0 Å². The van der Waals surface area contributed by atoms with Crippen molar-refractivity contribution in [2.75, 3.05) is 11.9 Å². The summed E-state index contributed by atoms with van der Waals surface area (Å²) in [6.07, 6.45) is 3.93. The summed E-state index contributed by atoms with van der Waals surface area (Å²) in [4.78, 5) is 14.4. The molecule has 0 bridgehead atoms. The van der Waals surface area contributed by atoms with Gasteiger partial charge in [0.05, 0.1) is 11.7 Å². The van der Waals surface area contributed by atoms with Crippen molar-refractivity contribution in [1.29, 1.82) is 0 Å². The fraction of sp³-hybridized carbons (Fsp3) is 0.353. The minimum absolute atomic E-state index is 0.0422. The summed E-state index contributed by atoms with van der Waals surface area (Å²) in [5, 5.41) is 2.69. The molecule has 1 aromatic heterocycles. The van der Waals surface area contributed by atoms with Gasteiger partial charge in [-0.1, -0.05) is 25.5 Å². The van der Waals surface area contributed by atoms with Crippen LogP contribution in [0.5, 0.6) is 0 Å². The largest absolute Gasteiger partial charge is 0.348 e. The van der Waals surface area contributed by atoms with Crippen LogP contribution in [0.2, 0.25) is 0 Å². The summed E-state index contributed by atoms with van der Waals surface area (Å²) in [5.74, 6) is -0.414. The quantitative estimate of drug-likeness (QED) is 0.913. The predicted molar refractivity (Wildman–Crippen MR) is 84.2 cm³/mol. The van der Waals surface area contributed by atoms with Crippen molar-refractivity contribution in [3.8, 4) is 0 Å². The van der Waals surface area contributed by atoms with Crippen LogP contribution in [0.4, 0.5) is 14.9 Å². The molecule has 1 N–H and O–H groups in total. The van der Waals surface area contributed by atoms with Crippen LogP contribution >= 0.6 is 0 Å². The van der Waals surface area contributed by atoms with Crippen molar-refractivity contribution < 1.29 is 9.18 Å². The zero-order valence-electron chi connectivity index (χ0n) is 12.6. The first-order valence-electron chi connectivity index (χ1n) is 7.68. The van der Waals surface area contributed by atoms with E-state index in [0.717, 1.165) is 25.1 Å². The average molecular weight is 301 g/mol. The molecule has 0 unspecified atom stereocenters. The van der Waals surface area contributed by atoms with Gasteiger partial charge in [-0.3, -0.25) is 0 Å². The number of hydrogen-bond donors (Lipinski definition) is 1. The van der Waals surface area contributed by atoms with E-state index < -0.39 is 5.82 Å². The summed E-state index contributed by atoms with van der Waals surface area (Å²) < 4.78 is 15.9. The maximum atomic E-state index is 13.7. The third kappa shape index (κ3) is 2.71. The molecular weight excluding hydrogens is 281 g/mol. The van der Waals surface area contributed by atoms with Crippen molar-refractivity contribution in [3.05, 3.63) is 54.1 Å². The number of nitrogens with zero attached hydrogens (tertiary/aromatic N) is 2. The second-order valence-corrected chi connectivity index (χ2v) is 5.53. The molecule has 116 valence electrons. The van der Waals surface area contributed by atoms with Gasteiger partial charge < -0.3 is 14.8 Å². The van der Waals surface area contributed by atoms with E-state index in [4.69, 9.17) is 0 Å². The molecule has 0 radical (unpaired) electrons. The van der Waals surface area contributed by atoms with Gasteiger partial charge in [-0.15, -0.1) is 0 Å². The zero-order valence-corrected chi connectivity index (χ0v) is 12.6. The maximum Gasteiger partial charge on any atom is 0.322 e. The highest BCUT2D eigenvalue weighted by Gasteiger charge is 2.30. The second kappa shape index (κ2) is 6.22. The molecule has 4 nitrogen and oxygen atoms in total. The van der Waals surface area contributed by atoms with E-state index in [1.165, 1.54) is 6.07 Å². The van der Waals surface area contributed by atoms with E-state index in [-0.39, 0.29) is 17.8 Å². The Labute approximate surface area is 129 Å². The van der Waals surface area contributed by atoms with Gasteiger partial charge in [-0.05, 0) is 30.7 Å². The van der Waals surface area contributed by atoms with Gasteiger partial charge in [0.1, 0.15) is 5.82 Å². The molecule has 0 saturated carbocycles.